The number of pyridine rings is 1. The van der Waals surface area contributed by atoms with Crippen LogP contribution in [0, 0.1) is 0 Å². The number of thioether (sulfide) groups is 1. The summed E-state index contributed by atoms with van der Waals surface area (Å²) in [5, 5.41) is 8.48. The molecule has 1 atom stereocenters. The molecule has 0 saturated carbocycles. The fourth-order valence-electron chi connectivity index (χ4n) is 1.72. The molecular weight excluding hydrogens is 280 g/mol. The van der Waals surface area contributed by atoms with E-state index < -0.39 is 0 Å². The molecule has 0 spiro atoms. The number of carbonyl (C=O) groups is 1. The van der Waals surface area contributed by atoms with Crippen LogP contribution < -0.4 is 10.6 Å². The summed E-state index contributed by atoms with van der Waals surface area (Å²) in [6.45, 7) is 0. The average molecular weight is 292 g/mol. The van der Waals surface area contributed by atoms with Crippen molar-refractivity contribution >= 4 is 34.1 Å². The fraction of sp³-hybridized carbons (Fsp3) is 0.250. The monoisotopic (exact) mass is 292 g/mol. The van der Waals surface area contributed by atoms with Gasteiger partial charge in [-0.3, -0.25) is 15.1 Å². The number of thiazole rings is 1. The molecule has 7 heteroatoms. The van der Waals surface area contributed by atoms with E-state index in [1.807, 2.05) is 23.6 Å². The van der Waals surface area contributed by atoms with Crippen molar-refractivity contribution in [1.82, 2.24) is 15.3 Å². The van der Waals surface area contributed by atoms with Gasteiger partial charge in [0.25, 0.3) is 0 Å². The van der Waals surface area contributed by atoms with E-state index in [-0.39, 0.29) is 11.9 Å². The van der Waals surface area contributed by atoms with E-state index in [1.54, 1.807) is 18.0 Å². The highest BCUT2D eigenvalue weighted by Gasteiger charge is 2.23. The van der Waals surface area contributed by atoms with E-state index in [4.69, 9.17) is 0 Å². The molecule has 1 aliphatic rings. The van der Waals surface area contributed by atoms with Crippen molar-refractivity contribution in [3.8, 4) is 11.4 Å². The Morgan fingerprint density at radius 1 is 1.42 bits per heavy atom. The molecule has 1 unspecified atom stereocenters. The predicted octanol–water partition coefficient (Wildman–Crippen LogP) is 1.81. The second kappa shape index (κ2) is 5.68. The van der Waals surface area contributed by atoms with Gasteiger partial charge in [0.2, 0.25) is 5.91 Å². The van der Waals surface area contributed by atoms with Gasteiger partial charge < -0.3 is 5.32 Å². The molecule has 98 valence electrons. The summed E-state index contributed by atoms with van der Waals surface area (Å²) in [5.74, 6) is 1.62. The summed E-state index contributed by atoms with van der Waals surface area (Å²) in [4.78, 5) is 20.5. The van der Waals surface area contributed by atoms with Crippen molar-refractivity contribution in [2.45, 2.75) is 6.04 Å². The highest BCUT2D eigenvalue weighted by Crippen LogP contribution is 2.23. The van der Waals surface area contributed by atoms with Gasteiger partial charge >= 0.3 is 0 Å². The zero-order chi connectivity index (χ0) is 13.1. The number of rotatable bonds is 3. The second-order valence-electron chi connectivity index (χ2n) is 4.01. The maximum atomic E-state index is 11.9. The summed E-state index contributed by atoms with van der Waals surface area (Å²) >= 11 is 3.14. The van der Waals surface area contributed by atoms with Crippen LogP contribution in [0.5, 0.6) is 0 Å². The molecule has 1 amide bonds. The Bertz CT molecular complexity index is 566. The lowest BCUT2D eigenvalue weighted by Crippen LogP contribution is -2.37. The minimum atomic E-state index is -0.118. The molecule has 0 radical (unpaired) electrons. The Labute approximate surface area is 118 Å². The second-order valence-corrected chi connectivity index (χ2v) is 5.90. The first-order chi connectivity index (χ1) is 9.33. The van der Waals surface area contributed by atoms with E-state index in [0.29, 0.717) is 5.13 Å². The maximum Gasteiger partial charge on any atom is 0.244 e. The van der Waals surface area contributed by atoms with Crippen molar-refractivity contribution in [2.24, 2.45) is 0 Å². The fourth-order valence-corrected chi connectivity index (χ4v) is 3.37. The van der Waals surface area contributed by atoms with Crippen molar-refractivity contribution in [3.05, 3.63) is 29.8 Å². The summed E-state index contributed by atoms with van der Waals surface area (Å²) in [6.07, 6.45) is 1.73. The third-order valence-corrected chi connectivity index (χ3v) is 4.39. The maximum absolute atomic E-state index is 11.9. The molecule has 1 fully saturated rings. The molecule has 5 nitrogen and oxygen atoms in total. The summed E-state index contributed by atoms with van der Waals surface area (Å²) in [7, 11) is 0. The smallest absolute Gasteiger partial charge is 0.244 e. The lowest BCUT2D eigenvalue weighted by atomic mass is 10.3. The lowest BCUT2D eigenvalue weighted by molar-refractivity contribution is -0.117. The molecule has 3 heterocycles. The molecule has 2 aromatic rings. The van der Waals surface area contributed by atoms with Crippen LogP contribution in [0.4, 0.5) is 5.13 Å². The van der Waals surface area contributed by atoms with Gasteiger partial charge in [-0.25, -0.2) is 4.98 Å². The van der Waals surface area contributed by atoms with E-state index >= 15 is 0 Å². The summed E-state index contributed by atoms with van der Waals surface area (Å²) in [5.41, 5.74) is 1.60. The van der Waals surface area contributed by atoms with Gasteiger partial charge in [-0.2, -0.15) is 0 Å². The highest BCUT2D eigenvalue weighted by molar-refractivity contribution is 7.99. The van der Waals surface area contributed by atoms with Crippen LogP contribution in [0.3, 0.4) is 0 Å². The molecule has 1 aliphatic heterocycles. The van der Waals surface area contributed by atoms with Crippen LogP contribution in [-0.4, -0.2) is 33.5 Å². The van der Waals surface area contributed by atoms with Crippen LogP contribution in [0.1, 0.15) is 0 Å². The van der Waals surface area contributed by atoms with E-state index in [2.05, 4.69) is 20.6 Å². The number of aromatic nitrogens is 2. The molecule has 2 N–H and O–H groups in total. The Hall–Kier alpha value is -1.44. The average Bonchev–Trinajstić information content (AvgIpc) is 3.11. The Balaban J connectivity index is 1.70. The molecule has 0 bridgehead atoms. The molecule has 0 aromatic carbocycles. The predicted molar refractivity (Wildman–Crippen MR) is 78.2 cm³/mol. The number of hydrogen-bond donors (Lipinski definition) is 2. The number of anilines is 1. The van der Waals surface area contributed by atoms with E-state index in [9.17, 15) is 4.79 Å². The zero-order valence-corrected chi connectivity index (χ0v) is 11.6. The number of amides is 1. The first-order valence-corrected chi connectivity index (χ1v) is 7.85. The lowest BCUT2D eigenvalue weighted by Gasteiger charge is -2.07. The molecule has 3 rings (SSSR count). The van der Waals surface area contributed by atoms with E-state index in [0.717, 1.165) is 23.0 Å². The molecule has 2 aromatic heterocycles. The Morgan fingerprint density at radius 3 is 3.11 bits per heavy atom. The van der Waals surface area contributed by atoms with Crippen LogP contribution in [0.25, 0.3) is 11.4 Å². The normalized spacial score (nSPS) is 18.4. The minimum absolute atomic E-state index is 0.0214. The summed E-state index contributed by atoms with van der Waals surface area (Å²) in [6, 6.07) is 5.56. The van der Waals surface area contributed by atoms with Gasteiger partial charge in [0.15, 0.2) is 5.13 Å². The van der Waals surface area contributed by atoms with Crippen molar-refractivity contribution in [3.63, 3.8) is 0 Å². The first-order valence-electron chi connectivity index (χ1n) is 5.82. The SMILES string of the molecule is O=C(Nc1nc(-c2ccccn2)cs1)C1CSCN1. The first kappa shape index (κ1) is 12.6. The topological polar surface area (TPSA) is 66.9 Å². The van der Waals surface area contributed by atoms with Crippen LogP contribution in [-0.2, 0) is 4.79 Å². The largest absolute Gasteiger partial charge is 0.301 e. The third-order valence-electron chi connectivity index (χ3n) is 2.69. The standard InChI is InChI=1S/C12H12N4OS2/c17-11(10-5-18-7-14-10)16-12-15-9(6-19-12)8-3-1-2-4-13-8/h1-4,6,10,14H,5,7H2,(H,15,16,17). The Morgan fingerprint density at radius 2 is 2.37 bits per heavy atom. The quantitative estimate of drug-likeness (QED) is 0.903. The number of nitrogens with zero attached hydrogens (tertiary/aromatic N) is 2. The zero-order valence-electron chi connectivity index (χ0n) is 10.00. The number of carbonyl (C=O) groups excluding carboxylic acids is 1. The van der Waals surface area contributed by atoms with Gasteiger partial charge in [0.1, 0.15) is 5.69 Å². The van der Waals surface area contributed by atoms with Gasteiger partial charge in [-0.1, -0.05) is 6.07 Å². The number of hydrogen-bond acceptors (Lipinski definition) is 6. The highest BCUT2D eigenvalue weighted by atomic mass is 32.2. The van der Waals surface area contributed by atoms with Crippen molar-refractivity contribution in [1.29, 1.82) is 0 Å². The minimum Gasteiger partial charge on any atom is -0.301 e. The van der Waals surface area contributed by atoms with Crippen LogP contribution in [0.2, 0.25) is 0 Å². The van der Waals surface area contributed by atoms with Crippen molar-refractivity contribution in [2.75, 3.05) is 16.9 Å². The van der Waals surface area contributed by atoms with Gasteiger partial charge in [-0.15, -0.1) is 23.1 Å². The van der Waals surface area contributed by atoms with Gasteiger partial charge in [0, 0.05) is 23.2 Å². The number of nitrogens with one attached hydrogen (secondary N) is 2. The molecule has 0 aliphatic carbocycles. The van der Waals surface area contributed by atoms with Crippen LogP contribution >= 0.6 is 23.1 Å². The van der Waals surface area contributed by atoms with Crippen molar-refractivity contribution < 1.29 is 4.79 Å². The summed E-state index contributed by atoms with van der Waals surface area (Å²) < 4.78 is 0. The van der Waals surface area contributed by atoms with E-state index in [1.165, 1.54) is 11.3 Å². The molecular formula is C12H12N4OS2. The van der Waals surface area contributed by atoms with Crippen LogP contribution in [0.15, 0.2) is 29.8 Å². The molecule has 19 heavy (non-hydrogen) atoms. The van der Waals surface area contributed by atoms with Gasteiger partial charge in [0.05, 0.1) is 11.7 Å². The molecule has 1 saturated heterocycles. The Kier molecular flexibility index (Phi) is 3.77. The van der Waals surface area contributed by atoms with Gasteiger partial charge in [-0.05, 0) is 12.1 Å². The third kappa shape index (κ3) is 2.94.